The van der Waals surface area contributed by atoms with Crippen molar-refractivity contribution in [2.75, 3.05) is 20.6 Å². The zero-order chi connectivity index (χ0) is 14.7. The molecule has 0 unspecified atom stereocenters. The van der Waals surface area contributed by atoms with Crippen LogP contribution in [0.2, 0.25) is 0 Å². The lowest BCUT2D eigenvalue weighted by Gasteiger charge is -2.28. The molecule has 0 aromatic rings. The van der Waals surface area contributed by atoms with Crippen molar-refractivity contribution in [1.29, 1.82) is 0 Å². The van der Waals surface area contributed by atoms with Crippen molar-refractivity contribution in [2.24, 2.45) is 0 Å². The quantitative estimate of drug-likeness (QED) is 0.464. The smallest absolute Gasteiger partial charge is 0.303 e. The Hall–Kier alpha value is -1.10. The molecule has 5 heteroatoms. The van der Waals surface area contributed by atoms with E-state index in [4.69, 9.17) is 5.11 Å². The number of hydrazine groups is 1. The molecule has 0 fully saturated rings. The Labute approximate surface area is 116 Å². The van der Waals surface area contributed by atoms with Crippen molar-refractivity contribution in [3.8, 4) is 0 Å². The molecule has 0 radical (unpaired) electrons. The lowest BCUT2D eigenvalue weighted by Crippen LogP contribution is -2.42. The normalized spacial score (nSPS) is 10.7. The van der Waals surface area contributed by atoms with Crippen LogP contribution in [-0.2, 0) is 9.59 Å². The number of amides is 1. The number of rotatable bonds is 11. The second-order valence-electron chi connectivity index (χ2n) is 5.03. The summed E-state index contributed by atoms with van der Waals surface area (Å²) in [6.07, 6.45) is 6.37. The van der Waals surface area contributed by atoms with E-state index in [2.05, 4.69) is 6.92 Å². The van der Waals surface area contributed by atoms with Gasteiger partial charge in [0.15, 0.2) is 0 Å². The van der Waals surface area contributed by atoms with Crippen LogP contribution in [0.1, 0.15) is 58.3 Å². The van der Waals surface area contributed by atoms with Crippen LogP contribution >= 0.6 is 0 Å². The third-order valence-electron chi connectivity index (χ3n) is 2.99. The number of aliphatic carboxylic acids is 1. The van der Waals surface area contributed by atoms with E-state index < -0.39 is 5.97 Å². The summed E-state index contributed by atoms with van der Waals surface area (Å²) in [4.78, 5) is 22.3. The van der Waals surface area contributed by atoms with E-state index in [1.165, 1.54) is 0 Å². The van der Waals surface area contributed by atoms with Crippen LogP contribution in [0.15, 0.2) is 0 Å². The number of unbranched alkanes of at least 4 members (excludes halogenated alkanes) is 4. The molecule has 0 bridgehead atoms. The highest BCUT2D eigenvalue weighted by molar-refractivity contribution is 5.75. The molecular weight excluding hydrogens is 244 g/mol. The number of hydrogen-bond donors (Lipinski definition) is 1. The molecule has 1 amide bonds. The Morgan fingerprint density at radius 1 is 0.947 bits per heavy atom. The molecule has 0 aliphatic heterocycles. The molecule has 0 saturated carbocycles. The van der Waals surface area contributed by atoms with Crippen molar-refractivity contribution in [3.05, 3.63) is 0 Å². The van der Waals surface area contributed by atoms with Gasteiger partial charge in [-0.1, -0.05) is 26.2 Å². The molecule has 1 N–H and O–H groups in total. The Balaban J connectivity index is 3.64. The lowest BCUT2D eigenvalue weighted by atomic mass is 10.1. The Bertz CT molecular complexity index is 267. The van der Waals surface area contributed by atoms with Crippen molar-refractivity contribution < 1.29 is 14.7 Å². The fraction of sp³-hybridized carbons (Fsp3) is 0.857. The Kier molecular flexibility index (Phi) is 10.2. The topological polar surface area (TPSA) is 60.9 Å². The maximum atomic E-state index is 12.0. The summed E-state index contributed by atoms with van der Waals surface area (Å²) in [5.41, 5.74) is 0. The number of carbonyl (C=O) groups excluding carboxylic acids is 1. The molecular formula is C14H28N2O3. The number of carboxylic acids is 1. The van der Waals surface area contributed by atoms with E-state index in [0.29, 0.717) is 6.42 Å². The minimum atomic E-state index is -0.726. The van der Waals surface area contributed by atoms with Crippen molar-refractivity contribution in [2.45, 2.75) is 58.3 Å². The molecule has 5 nitrogen and oxygen atoms in total. The average Bonchev–Trinajstić information content (AvgIpc) is 2.33. The fourth-order valence-corrected chi connectivity index (χ4v) is 1.97. The maximum absolute atomic E-state index is 12.0. The highest BCUT2D eigenvalue weighted by atomic mass is 16.4. The summed E-state index contributed by atoms with van der Waals surface area (Å²) in [7, 11) is 3.78. The van der Waals surface area contributed by atoms with Crippen LogP contribution in [0, 0.1) is 0 Å². The van der Waals surface area contributed by atoms with Crippen LogP contribution in [0.4, 0.5) is 0 Å². The predicted octanol–water partition coefficient (Wildman–Crippen LogP) is 2.52. The van der Waals surface area contributed by atoms with Gasteiger partial charge >= 0.3 is 5.97 Å². The van der Waals surface area contributed by atoms with Gasteiger partial charge in [-0.15, -0.1) is 0 Å². The number of nitrogens with zero attached hydrogens (tertiary/aromatic N) is 2. The average molecular weight is 272 g/mol. The maximum Gasteiger partial charge on any atom is 0.303 e. The van der Waals surface area contributed by atoms with E-state index in [9.17, 15) is 9.59 Å². The standard InChI is InChI=1S/C14H28N2O3/c1-4-12-16(15(2)3)13(17)10-8-6-5-7-9-11-14(18)19/h4-12H2,1-3H3,(H,18,19). The van der Waals surface area contributed by atoms with Gasteiger partial charge in [-0.2, -0.15) is 0 Å². The van der Waals surface area contributed by atoms with Crippen LogP contribution in [0.5, 0.6) is 0 Å². The number of hydrogen-bond acceptors (Lipinski definition) is 3. The Morgan fingerprint density at radius 2 is 1.47 bits per heavy atom. The molecule has 0 saturated heterocycles. The van der Waals surface area contributed by atoms with Gasteiger partial charge in [0, 0.05) is 33.5 Å². The van der Waals surface area contributed by atoms with Gasteiger partial charge in [0.25, 0.3) is 0 Å². The molecule has 0 rings (SSSR count). The van der Waals surface area contributed by atoms with Crippen LogP contribution < -0.4 is 0 Å². The minimum absolute atomic E-state index is 0.178. The van der Waals surface area contributed by atoms with E-state index in [-0.39, 0.29) is 12.3 Å². The lowest BCUT2D eigenvalue weighted by molar-refractivity contribution is -0.144. The van der Waals surface area contributed by atoms with Crippen LogP contribution in [-0.4, -0.2) is 47.6 Å². The first kappa shape index (κ1) is 17.9. The summed E-state index contributed by atoms with van der Waals surface area (Å²) in [5.74, 6) is -0.547. The zero-order valence-corrected chi connectivity index (χ0v) is 12.5. The molecule has 0 aliphatic carbocycles. The van der Waals surface area contributed by atoms with Gasteiger partial charge in [-0.3, -0.25) is 14.6 Å². The van der Waals surface area contributed by atoms with Gasteiger partial charge < -0.3 is 5.11 Å². The minimum Gasteiger partial charge on any atom is -0.481 e. The summed E-state index contributed by atoms with van der Waals surface area (Å²) in [5, 5.41) is 12.1. The number of carboxylic acid groups (broad SMARTS) is 1. The Morgan fingerprint density at radius 3 is 1.95 bits per heavy atom. The molecule has 112 valence electrons. The second-order valence-corrected chi connectivity index (χ2v) is 5.03. The molecule has 0 aromatic carbocycles. The van der Waals surface area contributed by atoms with Gasteiger partial charge in [-0.05, 0) is 19.3 Å². The van der Waals surface area contributed by atoms with E-state index in [1.807, 2.05) is 19.1 Å². The van der Waals surface area contributed by atoms with Crippen molar-refractivity contribution >= 4 is 11.9 Å². The summed E-state index contributed by atoms with van der Waals surface area (Å²) >= 11 is 0. The SMILES string of the molecule is CCCN(C(=O)CCCCCCCC(=O)O)N(C)C. The van der Waals surface area contributed by atoms with Crippen molar-refractivity contribution in [1.82, 2.24) is 10.0 Å². The van der Waals surface area contributed by atoms with Crippen molar-refractivity contribution in [3.63, 3.8) is 0 Å². The van der Waals surface area contributed by atoms with Gasteiger partial charge in [-0.25, -0.2) is 5.01 Å². The predicted molar refractivity (Wildman–Crippen MR) is 75.6 cm³/mol. The molecule has 0 spiro atoms. The third kappa shape index (κ3) is 9.47. The molecule has 0 aliphatic rings. The summed E-state index contributed by atoms with van der Waals surface area (Å²) in [6, 6.07) is 0. The summed E-state index contributed by atoms with van der Waals surface area (Å²) in [6.45, 7) is 2.83. The third-order valence-corrected chi connectivity index (χ3v) is 2.99. The van der Waals surface area contributed by atoms with E-state index in [0.717, 1.165) is 45.1 Å². The first-order valence-corrected chi connectivity index (χ1v) is 7.18. The highest BCUT2D eigenvalue weighted by Gasteiger charge is 2.13. The monoisotopic (exact) mass is 272 g/mol. The fourth-order valence-electron chi connectivity index (χ4n) is 1.97. The first-order valence-electron chi connectivity index (χ1n) is 7.18. The van der Waals surface area contributed by atoms with Gasteiger partial charge in [0.05, 0.1) is 0 Å². The van der Waals surface area contributed by atoms with Gasteiger partial charge in [0.1, 0.15) is 0 Å². The van der Waals surface area contributed by atoms with Crippen LogP contribution in [0.25, 0.3) is 0 Å². The molecule has 0 atom stereocenters. The molecule has 0 heterocycles. The van der Waals surface area contributed by atoms with E-state index >= 15 is 0 Å². The van der Waals surface area contributed by atoms with Crippen LogP contribution in [0.3, 0.4) is 0 Å². The first-order chi connectivity index (χ1) is 8.99. The van der Waals surface area contributed by atoms with E-state index in [1.54, 1.807) is 5.01 Å². The molecule has 19 heavy (non-hydrogen) atoms. The zero-order valence-electron chi connectivity index (χ0n) is 12.5. The summed E-state index contributed by atoms with van der Waals surface area (Å²) < 4.78 is 0. The highest BCUT2D eigenvalue weighted by Crippen LogP contribution is 2.09. The van der Waals surface area contributed by atoms with Gasteiger partial charge in [0.2, 0.25) is 5.91 Å². The number of carbonyl (C=O) groups is 2. The largest absolute Gasteiger partial charge is 0.481 e. The molecule has 0 aromatic heterocycles. The second kappa shape index (κ2) is 10.8.